The number of allylic oxidation sites excluding steroid dienone is 2. The number of anilines is 2. The number of imide groups is 1. The van der Waals surface area contributed by atoms with Gasteiger partial charge in [-0.25, -0.2) is 0 Å². The highest BCUT2D eigenvalue weighted by molar-refractivity contribution is 6.23. The van der Waals surface area contributed by atoms with Crippen molar-refractivity contribution in [2.24, 2.45) is 28.7 Å². The maximum atomic E-state index is 12.9. The van der Waals surface area contributed by atoms with E-state index in [1.54, 1.807) is 42.5 Å². The van der Waals surface area contributed by atoms with E-state index in [4.69, 9.17) is 0 Å². The van der Waals surface area contributed by atoms with Crippen molar-refractivity contribution in [3.63, 3.8) is 0 Å². The number of fused-ring (bicyclic) bond motifs is 5. The molecule has 4 atom stereocenters. The van der Waals surface area contributed by atoms with Gasteiger partial charge in [-0.2, -0.15) is 0 Å². The van der Waals surface area contributed by atoms with Crippen LogP contribution in [0.4, 0.5) is 17.1 Å². The van der Waals surface area contributed by atoms with Gasteiger partial charge in [0.2, 0.25) is 11.8 Å². The molecular formula is C25H21N3O3. The van der Waals surface area contributed by atoms with E-state index >= 15 is 0 Å². The first-order chi connectivity index (χ1) is 15.0. The minimum absolute atomic E-state index is 0.132. The molecule has 2 bridgehead atoms. The molecule has 4 unspecified atom stereocenters. The number of hydrogen-bond acceptors (Lipinski definition) is 4. The van der Waals surface area contributed by atoms with Crippen molar-refractivity contribution in [3.05, 3.63) is 72.3 Å². The van der Waals surface area contributed by atoms with Crippen LogP contribution in [0.1, 0.15) is 22.3 Å². The predicted molar refractivity (Wildman–Crippen MR) is 120 cm³/mol. The Kier molecular flexibility index (Phi) is 4.43. The fraction of sp³-hybridized carbons (Fsp3) is 0.200. The lowest BCUT2D eigenvalue weighted by Crippen LogP contribution is -2.32. The van der Waals surface area contributed by atoms with E-state index in [1.807, 2.05) is 6.07 Å². The topological polar surface area (TPSA) is 78.8 Å². The number of nitrogens with zero attached hydrogens (tertiary/aromatic N) is 2. The molecule has 1 heterocycles. The van der Waals surface area contributed by atoms with Crippen LogP contribution in [0.3, 0.4) is 0 Å². The smallest absolute Gasteiger partial charge is 0.255 e. The van der Waals surface area contributed by atoms with Gasteiger partial charge in [-0.15, -0.1) is 0 Å². The average molecular weight is 411 g/mol. The maximum absolute atomic E-state index is 12.9. The summed E-state index contributed by atoms with van der Waals surface area (Å²) in [6, 6.07) is 11.9. The van der Waals surface area contributed by atoms with Crippen molar-refractivity contribution < 1.29 is 14.4 Å². The third-order valence-corrected chi connectivity index (χ3v) is 6.55. The van der Waals surface area contributed by atoms with Gasteiger partial charge in [-0.05, 0) is 55.3 Å². The molecule has 2 fully saturated rings. The molecule has 0 spiro atoms. The molecule has 3 amide bonds. The summed E-state index contributed by atoms with van der Waals surface area (Å²) < 4.78 is 0. The second-order valence-corrected chi connectivity index (χ2v) is 8.12. The molecule has 6 heteroatoms. The van der Waals surface area contributed by atoms with E-state index in [-0.39, 0.29) is 41.4 Å². The number of amides is 3. The molecule has 1 aliphatic heterocycles. The molecule has 1 saturated heterocycles. The Hall–Kier alpha value is -3.80. The number of aliphatic imine (C=N–C) groups is 1. The summed E-state index contributed by atoms with van der Waals surface area (Å²) in [5, 5.41) is 2.84. The quantitative estimate of drug-likeness (QED) is 0.454. The lowest BCUT2D eigenvalue weighted by molar-refractivity contribution is -0.123. The van der Waals surface area contributed by atoms with Gasteiger partial charge in [0.05, 0.1) is 28.9 Å². The molecule has 0 aromatic heterocycles. The van der Waals surface area contributed by atoms with Gasteiger partial charge in [0.15, 0.2) is 0 Å². The fourth-order valence-electron chi connectivity index (χ4n) is 5.12. The van der Waals surface area contributed by atoms with Crippen molar-refractivity contribution in [1.29, 1.82) is 0 Å². The summed E-state index contributed by atoms with van der Waals surface area (Å²) in [4.78, 5) is 43.9. The van der Waals surface area contributed by atoms with Crippen LogP contribution in [0.5, 0.6) is 0 Å². The van der Waals surface area contributed by atoms with Crippen LogP contribution in [0.15, 0.2) is 66.2 Å². The zero-order valence-electron chi connectivity index (χ0n) is 16.8. The molecule has 2 aromatic rings. The largest absolute Gasteiger partial charge is 0.320 e. The second-order valence-electron chi connectivity index (χ2n) is 8.12. The zero-order chi connectivity index (χ0) is 21.7. The van der Waals surface area contributed by atoms with Gasteiger partial charge in [0.25, 0.3) is 5.91 Å². The van der Waals surface area contributed by atoms with Crippen LogP contribution in [0.25, 0.3) is 6.08 Å². The van der Waals surface area contributed by atoms with Crippen LogP contribution in [0.2, 0.25) is 0 Å². The highest BCUT2D eigenvalue weighted by atomic mass is 16.2. The summed E-state index contributed by atoms with van der Waals surface area (Å²) in [6.45, 7) is 7.31. The molecule has 3 aliphatic rings. The molecule has 6 nitrogen and oxygen atoms in total. The fourth-order valence-corrected chi connectivity index (χ4v) is 5.12. The number of hydrogen-bond donors (Lipinski definition) is 1. The van der Waals surface area contributed by atoms with Gasteiger partial charge in [0.1, 0.15) is 0 Å². The van der Waals surface area contributed by atoms with Crippen molar-refractivity contribution in [3.8, 4) is 0 Å². The van der Waals surface area contributed by atoms with Crippen molar-refractivity contribution in [2.45, 2.75) is 6.42 Å². The Bertz CT molecular complexity index is 1140. The van der Waals surface area contributed by atoms with Crippen LogP contribution < -0.4 is 10.2 Å². The van der Waals surface area contributed by atoms with E-state index in [1.165, 1.54) is 4.90 Å². The number of para-hydroxylation sites is 1. The van der Waals surface area contributed by atoms with E-state index in [9.17, 15) is 14.4 Å². The predicted octanol–water partition coefficient (Wildman–Crippen LogP) is 4.23. The van der Waals surface area contributed by atoms with Crippen molar-refractivity contribution in [2.75, 3.05) is 10.2 Å². The third-order valence-electron chi connectivity index (χ3n) is 6.55. The number of nitrogens with one attached hydrogen (secondary N) is 1. The van der Waals surface area contributed by atoms with Gasteiger partial charge >= 0.3 is 0 Å². The summed E-state index contributed by atoms with van der Waals surface area (Å²) >= 11 is 0. The summed E-state index contributed by atoms with van der Waals surface area (Å²) in [5.41, 5.74) is 2.75. The van der Waals surface area contributed by atoms with Gasteiger partial charge in [0, 0.05) is 11.1 Å². The summed E-state index contributed by atoms with van der Waals surface area (Å²) in [5.74, 6) is -0.740. The minimum atomic E-state index is -0.323. The van der Waals surface area contributed by atoms with Crippen LogP contribution in [0, 0.1) is 23.7 Å². The van der Waals surface area contributed by atoms with Gasteiger partial charge in [-0.3, -0.25) is 24.3 Å². The Morgan fingerprint density at radius 3 is 2.26 bits per heavy atom. The monoisotopic (exact) mass is 411 g/mol. The lowest BCUT2D eigenvalue weighted by atomic mass is 9.85. The second kappa shape index (κ2) is 7.16. The maximum Gasteiger partial charge on any atom is 0.255 e. The number of carbonyl (C=O) groups is 3. The molecule has 2 aliphatic carbocycles. The van der Waals surface area contributed by atoms with Crippen LogP contribution in [-0.2, 0) is 9.59 Å². The summed E-state index contributed by atoms with van der Waals surface area (Å²) in [7, 11) is 0. The molecule has 1 N–H and O–H groups in total. The van der Waals surface area contributed by atoms with Crippen molar-refractivity contribution in [1.82, 2.24) is 0 Å². The van der Waals surface area contributed by atoms with E-state index < -0.39 is 0 Å². The normalized spacial score (nSPS) is 25.6. The minimum Gasteiger partial charge on any atom is -0.320 e. The number of carbonyl (C=O) groups excluding carboxylic acids is 3. The van der Waals surface area contributed by atoms with Crippen molar-refractivity contribution >= 4 is 47.6 Å². The summed E-state index contributed by atoms with van der Waals surface area (Å²) in [6.07, 6.45) is 6.69. The van der Waals surface area contributed by atoms with E-state index in [0.717, 1.165) is 12.0 Å². The Labute approximate surface area is 180 Å². The van der Waals surface area contributed by atoms with Crippen LogP contribution in [-0.4, -0.2) is 24.4 Å². The molecule has 2 aromatic carbocycles. The first kappa shape index (κ1) is 19.2. The Morgan fingerprint density at radius 1 is 1.03 bits per heavy atom. The standard InChI is InChI=1S/C25H21N3O3/c1-3-14-5-4-6-19(22(14)26-2)27-23(29)15-9-11-18(12-10-15)28-24(30)20-16-7-8-17(13-16)21(20)25(28)31/h3-12,16-17,20-21H,1-2,13H2,(H,27,29). The number of benzene rings is 2. The molecular weight excluding hydrogens is 390 g/mol. The third kappa shape index (κ3) is 2.86. The lowest BCUT2D eigenvalue weighted by Gasteiger charge is -2.17. The Morgan fingerprint density at radius 2 is 1.68 bits per heavy atom. The van der Waals surface area contributed by atoms with Gasteiger partial charge < -0.3 is 5.32 Å². The first-order valence-corrected chi connectivity index (χ1v) is 10.2. The number of rotatable bonds is 5. The molecule has 154 valence electrons. The zero-order valence-corrected chi connectivity index (χ0v) is 16.8. The van der Waals surface area contributed by atoms with E-state index in [2.05, 4.69) is 35.8 Å². The first-order valence-electron chi connectivity index (χ1n) is 10.2. The highest BCUT2D eigenvalue weighted by Crippen LogP contribution is 2.53. The highest BCUT2D eigenvalue weighted by Gasteiger charge is 2.59. The molecule has 5 rings (SSSR count). The average Bonchev–Trinajstić information content (AvgIpc) is 3.47. The van der Waals surface area contributed by atoms with Crippen LogP contribution >= 0.6 is 0 Å². The molecule has 0 radical (unpaired) electrons. The Balaban J connectivity index is 1.36. The molecule has 1 saturated carbocycles. The molecule has 31 heavy (non-hydrogen) atoms. The van der Waals surface area contributed by atoms with Gasteiger partial charge in [-0.1, -0.05) is 36.9 Å². The van der Waals surface area contributed by atoms with E-state index in [0.29, 0.717) is 22.6 Å². The SMILES string of the molecule is C=Cc1cccc(NC(=O)c2ccc(N3C(=O)C4C5C=CC(C5)C4C3=O)cc2)c1N=C.